The molecule has 0 radical (unpaired) electrons. The van der Waals surface area contributed by atoms with Gasteiger partial charge >= 0.3 is 0 Å². The van der Waals surface area contributed by atoms with Crippen LogP contribution in [-0.2, 0) is 11.2 Å². The lowest BCUT2D eigenvalue weighted by molar-refractivity contribution is -0.136. The van der Waals surface area contributed by atoms with Crippen molar-refractivity contribution in [3.05, 3.63) is 24.3 Å². The van der Waals surface area contributed by atoms with E-state index < -0.39 is 0 Å². The van der Waals surface area contributed by atoms with Gasteiger partial charge in [0.1, 0.15) is 5.82 Å². The summed E-state index contributed by atoms with van der Waals surface area (Å²) in [5, 5.41) is 0. The van der Waals surface area contributed by atoms with Crippen LogP contribution in [0.3, 0.4) is 0 Å². The molecule has 1 unspecified atom stereocenters. The minimum atomic E-state index is 0.0942. The van der Waals surface area contributed by atoms with Gasteiger partial charge in [-0.05, 0) is 24.8 Å². The number of nitrogens with zero attached hydrogens (tertiary/aromatic N) is 3. The van der Waals surface area contributed by atoms with Crippen LogP contribution in [0.25, 0.3) is 0 Å². The molecule has 4 heteroatoms. The second-order valence-corrected chi connectivity index (χ2v) is 5.32. The van der Waals surface area contributed by atoms with Crippen molar-refractivity contribution >= 4 is 5.91 Å². The molecule has 1 fully saturated rings. The molecule has 1 atom stereocenters. The fourth-order valence-corrected chi connectivity index (χ4v) is 2.49. The van der Waals surface area contributed by atoms with Gasteiger partial charge in [-0.2, -0.15) is 0 Å². The summed E-state index contributed by atoms with van der Waals surface area (Å²) in [6.07, 6.45) is 6.70. The predicted molar refractivity (Wildman–Crippen MR) is 69.9 cm³/mol. The van der Waals surface area contributed by atoms with E-state index in [4.69, 9.17) is 0 Å². The summed E-state index contributed by atoms with van der Waals surface area (Å²) in [4.78, 5) is 22.5. The summed E-state index contributed by atoms with van der Waals surface area (Å²) < 4.78 is 0. The van der Waals surface area contributed by atoms with Gasteiger partial charge in [0.15, 0.2) is 0 Å². The summed E-state index contributed by atoms with van der Waals surface area (Å²) in [6.45, 7) is 5.69. The lowest BCUT2D eigenvalue weighted by Crippen LogP contribution is -2.42. The molecule has 1 aromatic rings. The molecule has 0 aromatic carbocycles. The third-order valence-corrected chi connectivity index (χ3v) is 3.42. The Hall–Kier alpha value is -1.45. The Morgan fingerprint density at radius 2 is 2.17 bits per heavy atom. The van der Waals surface area contributed by atoms with Gasteiger partial charge in [0.2, 0.25) is 5.91 Å². The van der Waals surface area contributed by atoms with Crippen LogP contribution in [-0.4, -0.2) is 33.9 Å². The van der Waals surface area contributed by atoms with E-state index in [-0.39, 0.29) is 11.8 Å². The van der Waals surface area contributed by atoms with E-state index in [9.17, 15) is 4.79 Å². The first-order chi connectivity index (χ1) is 8.66. The Balaban J connectivity index is 1.93. The maximum atomic E-state index is 12.0. The number of aromatic nitrogens is 2. The van der Waals surface area contributed by atoms with E-state index >= 15 is 0 Å². The summed E-state index contributed by atoms with van der Waals surface area (Å²) in [5.41, 5.74) is 0. The SMILES string of the molecule is CC(C)C(=O)N1CCCC(Cc2ncccn2)C1. The minimum Gasteiger partial charge on any atom is -0.342 e. The van der Waals surface area contributed by atoms with Crippen LogP contribution >= 0.6 is 0 Å². The number of carbonyl (C=O) groups is 1. The first kappa shape index (κ1) is 13.0. The van der Waals surface area contributed by atoms with E-state index in [1.165, 1.54) is 6.42 Å². The largest absolute Gasteiger partial charge is 0.342 e. The number of likely N-dealkylation sites (tertiary alicyclic amines) is 1. The highest BCUT2D eigenvalue weighted by molar-refractivity contribution is 5.78. The van der Waals surface area contributed by atoms with Crippen molar-refractivity contribution in [2.24, 2.45) is 11.8 Å². The number of carbonyl (C=O) groups excluding carboxylic acids is 1. The van der Waals surface area contributed by atoms with Gasteiger partial charge in [-0.25, -0.2) is 9.97 Å². The second kappa shape index (κ2) is 5.94. The summed E-state index contributed by atoms with van der Waals surface area (Å²) in [5.74, 6) is 1.76. The number of rotatable bonds is 3. The molecule has 4 nitrogen and oxygen atoms in total. The molecule has 18 heavy (non-hydrogen) atoms. The van der Waals surface area contributed by atoms with Crippen molar-refractivity contribution in [2.75, 3.05) is 13.1 Å². The van der Waals surface area contributed by atoms with E-state index in [2.05, 4.69) is 9.97 Å². The maximum absolute atomic E-state index is 12.0. The zero-order chi connectivity index (χ0) is 13.0. The van der Waals surface area contributed by atoms with Crippen LogP contribution in [0.4, 0.5) is 0 Å². The second-order valence-electron chi connectivity index (χ2n) is 5.32. The fraction of sp³-hybridized carbons (Fsp3) is 0.643. The molecule has 1 aliphatic rings. The topological polar surface area (TPSA) is 46.1 Å². The Labute approximate surface area is 108 Å². The first-order valence-corrected chi connectivity index (χ1v) is 6.71. The number of hydrogen-bond donors (Lipinski definition) is 0. The number of hydrogen-bond acceptors (Lipinski definition) is 3. The highest BCUT2D eigenvalue weighted by Gasteiger charge is 2.25. The van der Waals surface area contributed by atoms with Crippen molar-refractivity contribution in [3.63, 3.8) is 0 Å². The van der Waals surface area contributed by atoms with Crippen LogP contribution in [0.2, 0.25) is 0 Å². The van der Waals surface area contributed by atoms with E-state index in [1.807, 2.05) is 24.8 Å². The van der Waals surface area contributed by atoms with Crippen LogP contribution in [0, 0.1) is 11.8 Å². The smallest absolute Gasteiger partial charge is 0.225 e. The fourth-order valence-electron chi connectivity index (χ4n) is 2.49. The standard InChI is InChI=1S/C14H21N3O/c1-11(2)14(18)17-8-3-5-12(10-17)9-13-15-6-4-7-16-13/h4,6-7,11-12H,3,5,8-10H2,1-2H3. The van der Waals surface area contributed by atoms with Crippen LogP contribution in [0.15, 0.2) is 18.5 Å². The average Bonchev–Trinajstić information content (AvgIpc) is 2.39. The van der Waals surface area contributed by atoms with Crippen molar-refractivity contribution in [3.8, 4) is 0 Å². The van der Waals surface area contributed by atoms with Gasteiger partial charge in [-0.15, -0.1) is 0 Å². The molecule has 0 saturated carbocycles. The van der Waals surface area contributed by atoms with E-state index in [0.29, 0.717) is 5.92 Å². The summed E-state index contributed by atoms with van der Waals surface area (Å²) in [7, 11) is 0. The van der Waals surface area contributed by atoms with Crippen molar-refractivity contribution in [1.29, 1.82) is 0 Å². The summed E-state index contributed by atoms with van der Waals surface area (Å²) >= 11 is 0. The molecule has 2 heterocycles. The molecule has 98 valence electrons. The Morgan fingerprint density at radius 1 is 1.44 bits per heavy atom. The quantitative estimate of drug-likeness (QED) is 0.819. The van der Waals surface area contributed by atoms with Gasteiger partial charge < -0.3 is 4.90 Å². The molecule has 0 bridgehead atoms. The lowest BCUT2D eigenvalue weighted by atomic mass is 9.93. The zero-order valence-corrected chi connectivity index (χ0v) is 11.2. The van der Waals surface area contributed by atoms with Gasteiger partial charge in [0.25, 0.3) is 0 Å². The minimum absolute atomic E-state index is 0.0942. The molecule has 2 rings (SSSR count). The van der Waals surface area contributed by atoms with Crippen LogP contribution in [0.1, 0.15) is 32.5 Å². The molecule has 1 saturated heterocycles. The van der Waals surface area contributed by atoms with Gasteiger partial charge in [-0.3, -0.25) is 4.79 Å². The third kappa shape index (κ3) is 3.28. The number of amides is 1. The predicted octanol–water partition coefficient (Wildman–Crippen LogP) is 1.91. The third-order valence-electron chi connectivity index (χ3n) is 3.42. The molecule has 0 aliphatic carbocycles. The van der Waals surface area contributed by atoms with E-state index in [0.717, 1.165) is 31.8 Å². The van der Waals surface area contributed by atoms with Gasteiger partial charge in [0, 0.05) is 37.8 Å². The highest BCUT2D eigenvalue weighted by Crippen LogP contribution is 2.20. The van der Waals surface area contributed by atoms with Gasteiger partial charge in [0.05, 0.1) is 0 Å². The molecular formula is C14H21N3O. The highest BCUT2D eigenvalue weighted by atomic mass is 16.2. The molecule has 1 amide bonds. The van der Waals surface area contributed by atoms with Crippen molar-refractivity contribution < 1.29 is 4.79 Å². The molecule has 1 aliphatic heterocycles. The molecule has 1 aromatic heterocycles. The molecule has 0 N–H and O–H groups in total. The van der Waals surface area contributed by atoms with E-state index in [1.54, 1.807) is 12.4 Å². The molecular weight excluding hydrogens is 226 g/mol. The van der Waals surface area contributed by atoms with Gasteiger partial charge in [-0.1, -0.05) is 13.8 Å². The zero-order valence-electron chi connectivity index (χ0n) is 11.2. The van der Waals surface area contributed by atoms with Crippen LogP contribution < -0.4 is 0 Å². The average molecular weight is 247 g/mol. The summed E-state index contributed by atoms with van der Waals surface area (Å²) in [6, 6.07) is 1.83. The van der Waals surface area contributed by atoms with Crippen molar-refractivity contribution in [1.82, 2.24) is 14.9 Å². The van der Waals surface area contributed by atoms with Crippen LogP contribution in [0.5, 0.6) is 0 Å². The maximum Gasteiger partial charge on any atom is 0.225 e. The first-order valence-electron chi connectivity index (χ1n) is 6.71. The normalized spacial score (nSPS) is 20.2. The van der Waals surface area contributed by atoms with Crippen molar-refractivity contribution in [2.45, 2.75) is 33.1 Å². The Morgan fingerprint density at radius 3 is 2.83 bits per heavy atom. The Kier molecular flexibility index (Phi) is 4.28. The lowest BCUT2D eigenvalue weighted by Gasteiger charge is -2.33. The molecule has 0 spiro atoms. The monoisotopic (exact) mass is 247 g/mol. The number of piperidine rings is 1. The Bertz CT molecular complexity index is 391.